The van der Waals surface area contributed by atoms with Crippen LogP contribution in [0, 0.1) is 0 Å². The number of carbonyl (C=O) groups excluding carboxylic acids is 1. The van der Waals surface area contributed by atoms with Crippen LogP contribution in [0.25, 0.3) is 0 Å². The number of nitrogens with two attached hydrogens (primary N) is 2. The normalized spacial score (nSPS) is 21.9. The van der Waals surface area contributed by atoms with Crippen LogP contribution in [0.4, 0.5) is 0 Å². The number of carboxylic acid groups (broad SMARTS) is 1. The highest BCUT2D eigenvalue weighted by atomic mass is 16.5. The number of esters is 1. The number of hydrogen-bond acceptors (Lipinski definition) is 5. The Morgan fingerprint density at radius 3 is 2.62 bits per heavy atom. The van der Waals surface area contributed by atoms with E-state index >= 15 is 0 Å². The van der Waals surface area contributed by atoms with Gasteiger partial charge in [0, 0.05) is 0 Å². The molecule has 0 aromatic rings. The van der Waals surface area contributed by atoms with Gasteiger partial charge in [0.25, 0.3) is 0 Å². The lowest BCUT2D eigenvalue weighted by Gasteiger charge is -2.19. The first-order valence-corrected chi connectivity index (χ1v) is 7.62. The predicted molar refractivity (Wildman–Crippen MR) is 79.5 cm³/mol. The fourth-order valence-electron chi connectivity index (χ4n) is 2.26. The first kappa shape index (κ1) is 17.7. The molecule has 0 fully saturated rings. The standard InChI is InChI=1S/C15H26N2O4/c16-12(14(18)19)9-6-10-13(17)15(20)21-11-7-4-2-1-3-5-8-11/h4,7,11-13H,1-3,5-6,8-10,16-17H2,(H,18,19)/t11?,12-,13?/m0/s1. The van der Waals surface area contributed by atoms with Crippen LogP contribution in [0.5, 0.6) is 0 Å². The van der Waals surface area contributed by atoms with Gasteiger partial charge >= 0.3 is 11.9 Å². The number of carboxylic acids is 1. The van der Waals surface area contributed by atoms with Gasteiger partial charge in [0.1, 0.15) is 18.2 Å². The highest BCUT2D eigenvalue weighted by molar-refractivity contribution is 5.75. The summed E-state index contributed by atoms with van der Waals surface area (Å²) >= 11 is 0. The Morgan fingerprint density at radius 2 is 1.90 bits per heavy atom. The van der Waals surface area contributed by atoms with E-state index in [9.17, 15) is 9.59 Å². The van der Waals surface area contributed by atoms with E-state index in [2.05, 4.69) is 6.08 Å². The zero-order chi connectivity index (χ0) is 15.7. The van der Waals surface area contributed by atoms with E-state index < -0.39 is 24.0 Å². The van der Waals surface area contributed by atoms with E-state index in [1.807, 2.05) is 6.08 Å². The van der Waals surface area contributed by atoms with Gasteiger partial charge in [-0.05, 0) is 51.0 Å². The summed E-state index contributed by atoms with van der Waals surface area (Å²) in [5.41, 5.74) is 11.2. The summed E-state index contributed by atoms with van der Waals surface area (Å²) in [4.78, 5) is 22.5. The van der Waals surface area contributed by atoms with Crippen molar-refractivity contribution in [1.29, 1.82) is 0 Å². The molecule has 6 heteroatoms. The predicted octanol–water partition coefficient (Wildman–Crippen LogP) is 1.33. The van der Waals surface area contributed by atoms with E-state index in [-0.39, 0.29) is 6.10 Å². The molecule has 120 valence electrons. The number of rotatable bonds is 7. The molecule has 0 aromatic carbocycles. The lowest BCUT2D eigenvalue weighted by molar-refractivity contribution is -0.149. The lowest BCUT2D eigenvalue weighted by Crippen LogP contribution is -2.35. The van der Waals surface area contributed by atoms with Gasteiger partial charge < -0.3 is 21.3 Å². The zero-order valence-corrected chi connectivity index (χ0v) is 12.4. The Balaban J connectivity index is 2.29. The van der Waals surface area contributed by atoms with Crippen molar-refractivity contribution in [1.82, 2.24) is 0 Å². The molecule has 0 saturated heterocycles. The van der Waals surface area contributed by atoms with E-state index in [1.165, 1.54) is 6.42 Å². The average Bonchev–Trinajstić information content (AvgIpc) is 2.41. The molecule has 1 aliphatic rings. The summed E-state index contributed by atoms with van der Waals surface area (Å²) in [6.07, 6.45) is 10.2. The summed E-state index contributed by atoms with van der Waals surface area (Å²) in [5.74, 6) is -1.46. The van der Waals surface area contributed by atoms with Crippen molar-refractivity contribution in [2.45, 2.75) is 69.6 Å². The van der Waals surface area contributed by atoms with Gasteiger partial charge in [0.2, 0.25) is 0 Å². The Hall–Kier alpha value is -1.40. The highest BCUT2D eigenvalue weighted by Gasteiger charge is 2.20. The zero-order valence-electron chi connectivity index (χ0n) is 12.4. The fraction of sp³-hybridized carbons (Fsp3) is 0.733. The minimum Gasteiger partial charge on any atom is -0.480 e. The average molecular weight is 298 g/mol. The van der Waals surface area contributed by atoms with Crippen LogP contribution in [0.3, 0.4) is 0 Å². The SMILES string of the molecule is NC(CCC[C@H](N)C(=O)O)C(=O)OC1C=CCCCCC1. The highest BCUT2D eigenvalue weighted by Crippen LogP contribution is 2.15. The molecule has 6 nitrogen and oxygen atoms in total. The minimum absolute atomic E-state index is 0.190. The number of ether oxygens (including phenoxy) is 1. The molecule has 5 N–H and O–H groups in total. The van der Waals surface area contributed by atoms with Gasteiger partial charge in [-0.25, -0.2) is 0 Å². The Bertz CT molecular complexity index is 371. The third-order valence-electron chi connectivity index (χ3n) is 3.63. The Morgan fingerprint density at radius 1 is 1.19 bits per heavy atom. The molecule has 1 aliphatic carbocycles. The Labute approximate surface area is 125 Å². The molecule has 21 heavy (non-hydrogen) atoms. The van der Waals surface area contributed by atoms with Crippen LogP contribution in [-0.4, -0.2) is 35.2 Å². The second-order valence-electron chi connectivity index (χ2n) is 5.52. The van der Waals surface area contributed by atoms with Crippen molar-refractivity contribution in [2.75, 3.05) is 0 Å². The third-order valence-corrected chi connectivity index (χ3v) is 3.63. The van der Waals surface area contributed by atoms with Crippen LogP contribution >= 0.6 is 0 Å². The molecule has 0 amide bonds. The van der Waals surface area contributed by atoms with Crippen LogP contribution in [0.15, 0.2) is 12.2 Å². The van der Waals surface area contributed by atoms with Crippen LogP contribution in [0.1, 0.15) is 51.4 Å². The van der Waals surface area contributed by atoms with Crippen molar-refractivity contribution in [3.63, 3.8) is 0 Å². The number of carbonyl (C=O) groups is 2. The summed E-state index contributed by atoms with van der Waals surface area (Å²) in [5, 5.41) is 8.67. The second kappa shape index (κ2) is 9.52. The van der Waals surface area contributed by atoms with Gasteiger partial charge in [-0.2, -0.15) is 0 Å². The van der Waals surface area contributed by atoms with Gasteiger partial charge in [0.05, 0.1) is 0 Å². The van der Waals surface area contributed by atoms with E-state index in [4.69, 9.17) is 21.3 Å². The van der Waals surface area contributed by atoms with Crippen molar-refractivity contribution >= 4 is 11.9 Å². The van der Waals surface area contributed by atoms with Gasteiger partial charge in [-0.1, -0.05) is 12.5 Å². The van der Waals surface area contributed by atoms with Crippen molar-refractivity contribution in [3.05, 3.63) is 12.2 Å². The Kier molecular flexibility index (Phi) is 8.00. The van der Waals surface area contributed by atoms with Crippen molar-refractivity contribution in [3.8, 4) is 0 Å². The fourth-order valence-corrected chi connectivity index (χ4v) is 2.26. The third kappa shape index (κ3) is 7.24. The summed E-state index contributed by atoms with van der Waals surface area (Å²) in [6, 6.07) is -1.62. The van der Waals surface area contributed by atoms with Crippen molar-refractivity contribution < 1.29 is 19.4 Å². The maximum absolute atomic E-state index is 11.9. The number of hydrogen-bond donors (Lipinski definition) is 3. The monoisotopic (exact) mass is 298 g/mol. The molecular weight excluding hydrogens is 272 g/mol. The first-order chi connectivity index (χ1) is 10.0. The van der Waals surface area contributed by atoms with E-state index in [0.717, 1.165) is 25.7 Å². The van der Waals surface area contributed by atoms with Crippen molar-refractivity contribution in [2.24, 2.45) is 11.5 Å². The van der Waals surface area contributed by atoms with Gasteiger partial charge in [-0.3, -0.25) is 9.59 Å². The molecule has 3 atom stereocenters. The quantitative estimate of drug-likeness (QED) is 0.482. The topological polar surface area (TPSA) is 116 Å². The largest absolute Gasteiger partial charge is 0.480 e. The molecule has 0 bridgehead atoms. The van der Waals surface area contributed by atoms with E-state index in [0.29, 0.717) is 19.3 Å². The van der Waals surface area contributed by atoms with Crippen LogP contribution in [-0.2, 0) is 14.3 Å². The summed E-state index contributed by atoms with van der Waals surface area (Å²) in [7, 11) is 0. The molecule has 0 heterocycles. The summed E-state index contributed by atoms with van der Waals surface area (Å²) < 4.78 is 5.40. The van der Waals surface area contributed by atoms with E-state index in [1.54, 1.807) is 0 Å². The molecule has 0 aromatic heterocycles. The van der Waals surface area contributed by atoms with Crippen LogP contribution in [0.2, 0.25) is 0 Å². The molecule has 0 radical (unpaired) electrons. The lowest BCUT2D eigenvalue weighted by atomic mass is 10.0. The van der Waals surface area contributed by atoms with Gasteiger partial charge in [-0.15, -0.1) is 0 Å². The second-order valence-corrected chi connectivity index (χ2v) is 5.52. The molecule has 0 saturated carbocycles. The molecule has 0 aliphatic heterocycles. The summed E-state index contributed by atoms with van der Waals surface area (Å²) in [6.45, 7) is 0. The maximum atomic E-state index is 11.9. The number of allylic oxidation sites excluding steroid dienone is 1. The minimum atomic E-state index is -1.04. The molecule has 0 spiro atoms. The molecule has 2 unspecified atom stereocenters. The molecule has 1 rings (SSSR count). The van der Waals surface area contributed by atoms with Gasteiger partial charge in [0.15, 0.2) is 0 Å². The molecular formula is C15H26N2O4. The maximum Gasteiger partial charge on any atom is 0.323 e. The van der Waals surface area contributed by atoms with Crippen LogP contribution < -0.4 is 11.5 Å². The first-order valence-electron chi connectivity index (χ1n) is 7.62. The smallest absolute Gasteiger partial charge is 0.323 e. The number of aliphatic carboxylic acids is 1.